The summed E-state index contributed by atoms with van der Waals surface area (Å²) in [6, 6.07) is 6.74. The minimum absolute atomic E-state index is 0.0628. The van der Waals surface area contributed by atoms with E-state index in [9.17, 15) is 19.2 Å². The second-order valence-corrected chi connectivity index (χ2v) is 6.68. The molecule has 1 heterocycles. The summed E-state index contributed by atoms with van der Waals surface area (Å²) in [6.45, 7) is -0.428. The molecule has 144 valence electrons. The molecule has 1 aromatic heterocycles. The third kappa shape index (κ3) is 5.30. The Hall–Kier alpha value is -2.88. The van der Waals surface area contributed by atoms with Gasteiger partial charge in [0.05, 0.1) is 30.3 Å². The second-order valence-electron chi connectivity index (χ2n) is 5.73. The Bertz CT molecular complexity index is 925. The summed E-state index contributed by atoms with van der Waals surface area (Å²) in [6.07, 6.45) is 0. The molecule has 0 radical (unpaired) electrons. The standard InChI is InChI=1S/C17H20N4O5S/c1-20(2)14(23)8-18-13(22)10-27-17-19-12-7-5-4-6-11(12)16(25)21(17)9-15(24)26-3/h4-7H,8-10H2,1-3H3,(H,18,22). The smallest absolute Gasteiger partial charge is 0.325 e. The van der Waals surface area contributed by atoms with Crippen LogP contribution in [0.3, 0.4) is 0 Å². The van der Waals surface area contributed by atoms with Gasteiger partial charge in [-0.25, -0.2) is 4.98 Å². The molecule has 27 heavy (non-hydrogen) atoms. The lowest BCUT2D eigenvalue weighted by Gasteiger charge is -2.13. The highest BCUT2D eigenvalue weighted by Gasteiger charge is 2.16. The van der Waals surface area contributed by atoms with Crippen molar-refractivity contribution in [2.75, 3.05) is 33.5 Å². The summed E-state index contributed by atoms with van der Waals surface area (Å²) in [5.74, 6) is -1.29. The molecule has 0 aliphatic heterocycles. The molecule has 1 aromatic carbocycles. The van der Waals surface area contributed by atoms with Crippen molar-refractivity contribution in [2.45, 2.75) is 11.7 Å². The van der Waals surface area contributed by atoms with E-state index in [4.69, 9.17) is 0 Å². The number of ether oxygens (including phenoxy) is 1. The zero-order valence-corrected chi connectivity index (χ0v) is 16.0. The first-order valence-corrected chi connectivity index (χ1v) is 8.98. The van der Waals surface area contributed by atoms with Crippen molar-refractivity contribution in [3.8, 4) is 0 Å². The fraction of sp³-hybridized carbons (Fsp3) is 0.353. The molecule has 0 saturated heterocycles. The van der Waals surface area contributed by atoms with Crippen LogP contribution in [0.4, 0.5) is 0 Å². The van der Waals surface area contributed by atoms with E-state index in [-0.39, 0.29) is 35.8 Å². The first-order chi connectivity index (χ1) is 12.8. The number of carbonyl (C=O) groups excluding carboxylic acids is 3. The normalized spacial score (nSPS) is 10.5. The molecule has 0 fully saturated rings. The third-order valence-electron chi connectivity index (χ3n) is 3.61. The SMILES string of the molecule is COC(=O)Cn1c(SCC(=O)NCC(=O)N(C)C)nc2ccccc2c1=O. The van der Waals surface area contributed by atoms with Crippen LogP contribution >= 0.6 is 11.8 Å². The van der Waals surface area contributed by atoms with E-state index in [0.717, 1.165) is 11.8 Å². The number of carbonyl (C=O) groups is 3. The number of para-hydroxylation sites is 1. The van der Waals surface area contributed by atoms with E-state index in [1.54, 1.807) is 38.4 Å². The number of hydrogen-bond donors (Lipinski definition) is 1. The number of methoxy groups -OCH3 is 1. The van der Waals surface area contributed by atoms with E-state index in [0.29, 0.717) is 10.9 Å². The maximum Gasteiger partial charge on any atom is 0.325 e. The molecule has 0 unspecified atom stereocenters. The van der Waals surface area contributed by atoms with Gasteiger partial charge in [0, 0.05) is 14.1 Å². The zero-order chi connectivity index (χ0) is 20.0. The molecule has 10 heteroatoms. The molecule has 0 spiro atoms. The number of nitrogens with one attached hydrogen (secondary N) is 1. The average Bonchev–Trinajstić information content (AvgIpc) is 2.66. The fourth-order valence-corrected chi connectivity index (χ4v) is 2.93. The van der Waals surface area contributed by atoms with Crippen LogP contribution < -0.4 is 10.9 Å². The van der Waals surface area contributed by atoms with Crippen LogP contribution in [0.25, 0.3) is 10.9 Å². The molecule has 2 rings (SSSR count). The van der Waals surface area contributed by atoms with Gasteiger partial charge in [-0.3, -0.25) is 23.7 Å². The lowest BCUT2D eigenvalue weighted by Crippen LogP contribution is -2.37. The van der Waals surface area contributed by atoms with Gasteiger partial charge in [-0.1, -0.05) is 23.9 Å². The van der Waals surface area contributed by atoms with E-state index in [1.807, 2.05) is 0 Å². The van der Waals surface area contributed by atoms with E-state index in [1.165, 1.54) is 16.6 Å². The third-order valence-corrected chi connectivity index (χ3v) is 4.59. The Balaban J connectivity index is 2.21. The molecule has 0 aliphatic rings. The lowest BCUT2D eigenvalue weighted by atomic mass is 10.2. The highest BCUT2D eigenvalue weighted by molar-refractivity contribution is 7.99. The van der Waals surface area contributed by atoms with Crippen LogP contribution in [0.15, 0.2) is 34.2 Å². The number of hydrogen-bond acceptors (Lipinski definition) is 7. The van der Waals surface area contributed by atoms with Crippen LogP contribution in [0, 0.1) is 0 Å². The van der Waals surface area contributed by atoms with E-state index < -0.39 is 11.5 Å². The molecule has 2 amide bonds. The Morgan fingerprint density at radius 1 is 1.26 bits per heavy atom. The maximum absolute atomic E-state index is 12.7. The van der Waals surface area contributed by atoms with Crippen molar-refractivity contribution in [1.29, 1.82) is 0 Å². The first-order valence-electron chi connectivity index (χ1n) is 7.99. The predicted octanol–water partition coefficient (Wildman–Crippen LogP) is -0.134. The summed E-state index contributed by atoms with van der Waals surface area (Å²) in [5.41, 5.74) is 0.0750. The Labute approximate surface area is 159 Å². The number of benzene rings is 1. The summed E-state index contributed by atoms with van der Waals surface area (Å²) < 4.78 is 5.81. The van der Waals surface area contributed by atoms with Gasteiger partial charge in [0.2, 0.25) is 11.8 Å². The molecular formula is C17H20N4O5S. The number of esters is 1. The first kappa shape index (κ1) is 20.4. The molecule has 9 nitrogen and oxygen atoms in total. The number of nitrogens with zero attached hydrogens (tertiary/aromatic N) is 3. The van der Waals surface area contributed by atoms with Gasteiger partial charge in [0.15, 0.2) is 5.16 Å². The van der Waals surface area contributed by atoms with Gasteiger partial charge in [-0.05, 0) is 12.1 Å². The number of thioether (sulfide) groups is 1. The van der Waals surface area contributed by atoms with E-state index in [2.05, 4.69) is 15.0 Å². The van der Waals surface area contributed by atoms with Gasteiger partial charge in [0.25, 0.3) is 5.56 Å². The van der Waals surface area contributed by atoms with Crippen molar-refractivity contribution in [2.24, 2.45) is 0 Å². The van der Waals surface area contributed by atoms with Crippen molar-refractivity contribution in [3.05, 3.63) is 34.6 Å². The minimum atomic E-state index is -0.600. The van der Waals surface area contributed by atoms with Gasteiger partial charge in [-0.2, -0.15) is 0 Å². The summed E-state index contributed by atoms with van der Waals surface area (Å²) >= 11 is 1.00. The van der Waals surface area contributed by atoms with Crippen molar-refractivity contribution >= 4 is 40.4 Å². The largest absolute Gasteiger partial charge is 0.468 e. The van der Waals surface area contributed by atoms with Crippen LogP contribution in [0.2, 0.25) is 0 Å². The van der Waals surface area contributed by atoms with Crippen LogP contribution in [-0.2, 0) is 25.7 Å². The molecule has 0 aliphatic carbocycles. The molecule has 0 bridgehead atoms. The lowest BCUT2D eigenvalue weighted by molar-refractivity contribution is -0.141. The minimum Gasteiger partial charge on any atom is -0.468 e. The van der Waals surface area contributed by atoms with E-state index >= 15 is 0 Å². The number of amides is 2. The zero-order valence-electron chi connectivity index (χ0n) is 15.2. The Morgan fingerprint density at radius 2 is 1.96 bits per heavy atom. The van der Waals surface area contributed by atoms with Crippen molar-refractivity contribution in [1.82, 2.24) is 19.8 Å². The van der Waals surface area contributed by atoms with Crippen molar-refractivity contribution in [3.63, 3.8) is 0 Å². The molecule has 2 aromatic rings. The fourth-order valence-electron chi connectivity index (χ4n) is 2.10. The highest BCUT2D eigenvalue weighted by atomic mass is 32.2. The van der Waals surface area contributed by atoms with Gasteiger partial charge >= 0.3 is 5.97 Å². The predicted molar refractivity (Wildman–Crippen MR) is 100 cm³/mol. The second kappa shape index (κ2) is 9.17. The average molecular weight is 392 g/mol. The van der Waals surface area contributed by atoms with Crippen LogP contribution in [0.5, 0.6) is 0 Å². The molecule has 0 atom stereocenters. The number of aromatic nitrogens is 2. The molecular weight excluding hydrogens is 372 g/mol. The molecule has 1 N–H and O–H groups in total. The summed E-state index contributed by atoms with van der Waals surface area (Å²) in [5, 5.41) is 3.09. The van der Waals surface area contributed by atoms with Crippen molar-refractivity contribution < 1.29 is 19.1 Å². The molecule has 0 saturated carbocycles. The van der Waals surface area contributed by atoms with Gasteiger partial charge < -0.3 is 15.0 Å². The summed E-state index contributed by atoms with van der Waals surface area (Å²) in [7, 11) is 4.41. The number of fused-ring (bicyclic) bond motifs is 1. The van der Waals surface area contributed by atoms with Gasteiger partial charge in [-0.15, -0.1) is 0 Å². The quantitative estimate of drug-likeness (QED) is 0.397. The number of likely N-dealkylation sites (N-methyl/N-ethyl adjacent to an activating group) is 1. The monoisotopic (exact) mass is 392 g/mol. The Kier molecular flexibility index (Phi) is 6.94. The maximum atomic E-state index is 12.7. The summed E-state index contributed by atoms with van der Waals surface area (Å²) in [4.78, 5) is 53.6. The van der Waals surface area contributed by atoms with Gasteiger partial charge in [0.1, 0.15) is 6.54 Å². The van der Waals surface area contributed by atoms with Crippen LogP contribution in [-0.4, -0.2) is 65.7 Å². The topological polar surface area (TPSA) is 111 Å². The highest BCUT2D eigenvalue weighted by Crippen LogP contribution is 2.17. The Morgan fingerprint density at radius 3 is 2.63 bits per heavy atom. The number of rotatable bonds is 7. The van der Waals surface area contributed by atoms with Crippen LogP contribution in [0.1, 0.15) is 0 Å².